The molecule has 5 heteroatoms. The summed E-state index contributed by atoms with van der Waals surface area (Å²) in [6.45, 7) is 2.72. The van der Waals surface area contributed by atoms with Crippen LogP contribution in [0.4, 0.5) is 5.82 Å². The fourth-order valence-corrected chi connectivity index (χ4v) is 2.09. The van der Waals surface area contributed by atoms with Gasteiger partial charge in [-0.3, -0.25) is 0 Å². The molecule has 1 aromatic heterocycles. The second kappa shape index (κ2) is 7.59. The van der Waals surface area contributed by atoms with E-state index in [9.17, 15) is 0 Å². The van der Waals surface area contributed by atoms with E-state index in [0.717, 1.165) is 30.2 Å². The number of aromatic nitrogens is 1. The van der Waals surface area contributed by atoms with Gasteiger partial charge in [0.05, 0.1) is 7.11 Å². The number of rotatable bonds is 5. The molecule has 1 heterocycles. The number of nitrogens with zero attached hydrogens (tertiary/aromatic N) is 1. The molecule has 0 atom stereocenters. The Balaban J connectivity index is 1.76. The fraction of sp³-hybridized carbons (Fsp3) is 0.250. The zero-order valence-electron chi connectivity index (χ0n) is 12.2. The van der Waals surface area contributed by atoms with E-state index in [1.165, 1.54) is 5.56 Å². The van der Waals surface area contributed by atoms with Crippen LogP contribution in [0.1, 0.15) is 11.3 Å². The molecule has 2 N–H and O–H groups in total. The Hall–Kier alpha value is -2.14. The van der Waals surface area contributed by atoms with Crippen molar-refractivity contribution in [1.82, 2.24) is 10.3 Å². The molecule has 4 nitrogen and oxygen atoms in total. The lowest BCUT2D eigenvalue weighted by Crippen LogP contribution is -2.30. The number of nitrogens with one attached hydrogen (secondary N) is 2. The number of aryl methyl sites for hydroxylation is 1. The standard InChI is InChI=1S/C16H19N3OS/c1-12-4-3-5-15(18-12)19-16(21)17-11-10-13-6-8-14(20-2)9-7-13/h3-9H,10-11H2,1-2H3,(H2,17,18,19,21). The number of benzene rings is 1. The summed E-state index contributed by atoms with van der Waals surface area (Å²) in [4.78, 5) is 4.35. The Morgan fingerprint density at radius 2 is 1.95 bits per heavy atom. The van der Waals surface area contributed by atoms with E-state index in [4.69, 9.17) is 17.0 Å². The molecule has 2 rings (SSSR count). The van der Waals surface area contributed by atoms with Crippen LogP contribution in [-0.4, -0.2) is 23.8 Å². The summed E-state index contributed by atoms with van der Waals surface area (Å²) in [5, 5.41) is 6.84. The monoisotopic (exact) mass is 301 g/mol. The van der Waals surface area contributed by atoms with Crippen LogP contribution >= 0.6 is 12.2 Å². The fourth-order valence-electron chi connectivity index (χ4n) is 1.89. The Kier molecular flexibility index (Phi) is 5.51. The minimum atomic E-state index is 0.585. The number of methoxy groups -OCH3 is 1. The van der Waals surface area contributed by atoms with Crippen molar-refractivity contribution in [3.8, 4) is 5.75 Å². The van der Waals surface area contributed by atoms with Crippen molar-refractivity contribution in [3.05, 3.63) is 53.7 Å². The molecule has 0 bridgehead atoms. The molecule has 0 spiro atoms. The molecule has 0 aliphatic heterocycles. The molecule has 2 aromatic rings. The predicted octanol–water partition coefficient (Wildman–Crippen LogP) is 2.93. The molecule has 0 fully saturated rings. The summed E-state index contributed by atoms with van der Waals surface area (Å²) in [6.07, 6.45) is 0.896. The van der Waals surface area contributed by atoms with Gasteiger partial charge in [-0.15, -0.1) is 0 Å². The van der Waals surface area contributed by atoms with Gasteiger partial charge >= 0.3 is 0 Å². The molecule has 21 heavy (non-hydrogen) atoms. The average Bonchev–Trinajstić information content (AvgIpc) is 2.48. The second-order valence-electron chi connectivity index (χ2n) is 4.64. The Labute approximate surface area is 130 Å². The summed E-state index contributed by atoms with van der Waals surface area (Å²) in [6, 6.07) is 13.8. The highest BCUT2D eigenvalue weighted by atomic mass is 32.1. The first-order valence-corrected chi connectivity index (χ1v) is 7.19. The predicted molar refractivity (Wildman–Crippen MR) is 89.9 cm³/mol. The van der Waals surface area contributed by atoms with Crippen molar-refractivity contribution in [3.63, 3.8) is 0 Å². The van der Waals surface area contributed by atoms with Gasteiger partial charge in [0.2, 0.25) is 0 Å². The van der Waals surface area contributed by atoms with Crippen molar-refractivity contribution < 1.29 is 4.74 Å². The minimum absolute atomic E-state index is 0.585. The molecule has 0 saturated heterocycles. The van der Waals surface area contributed by atoms with Crippen LogP contribution in [0.3, 0.4) is 0 Å². The van der Waals surface area contributed by atoms with Crippen LogP contribution in [0, 0.1) is 6.92 Å². The lowest BCUT2D eigenvalue weighted by molar-refractivity contribution is 0.414. The highest BCUT2D eigenvalue weighted by Crippen LogP contribution is 2.11. The molecule has 0 radical (unpaired) electrons. The third-order valence-corrected chi connectivity index (χ3v) is 3.23. The SMILES string of the molecule is COc1ccc(CCNC(=S)Nc2cccc(C)n2)cc1. The zero-order valence-corrected chi connectivity index (χ0v) is 13.0. The van der Waals surface area contributed by atoms with Crippen molar-refractivity contribution in [1.29, 1.82) is 0 Å². The topological polar surface area (TPSA) is 46.2 Å². The molecular weight excluding hydrogens is 282 g/mol. The van der Waals surface area contributed by atoms with Gasteiger partial charge in [0.25, 0.3) is 0 Å². The molecular formula is C16H19N3OS. The average molecular weight is 301 g/mol. The Morgan fingerprint density at radius 3 is 2.62 bits per heavy atom. The highest BCUT2D eigenvalue weighted by Gasteiger charge is 1.99. The van der Waals surface area contributed by atoms with Crippen LogP contribution in [0.25, 0.3) is 0 Å². The van der Waals surface area contributed by atoms with Crippen LogP contribution in [0.5, 0.6) is 5.75 Å². The quantitative estimate of drug-likeness (QED) is 0.832. The maximum atomic E-state index is 5.25. The minimum Gasteiger partial charge on any atom is -0.497 e. The second-order valence-corrected chi connectivity index (χ2v) is 5.05. The van der Waals surface area contributed by atoms with Crippen molar-refractivity contribution in [2.24, 2.45) is 0 Å². The van der Waals surface area contributed by atoms with E-state index in [1.807, 2.05) is 37.3 Å². The number of anilines is 1. The highest BCUT2D eigenvalue weighted by molar-refractivity contribution is 7.80. The van der Waals surface area contributed by atoms with Crippen LogP contribution in [0.2, 0.25) is 0 Å². The van der Waals surface area contributed by atoms with E-state index in [2.05, 4.69) is 27.8 Å². The van der Waals surface area contributed by atoms with Crippen LogP contribution < -0.4 is 15.4 Å². The van der Waals surface area contributed by atoms with Crippen molar-refractivity contribution in [2.75, 3.05) is 19.0 Å². The summed E-state index contributed by atoms with van der Waals surface area (Å²) in [7, 11) is 1.67. The molecule has 110 valence electrons. The maximum Gasteiger partial charge on any atom is 0.171 e. The van der Waals surface area contributed by atoms with Gasteiger partial charge in [-0.2, -0.15) is 0 Å². The number of ether oxygens (including phenoxy) is 1. The van der Waals surface area contributed by atoms with Crippen molar-refractivity contribution >= 4 is 23.1 Å². The normalized spacial score (nSPS) is 10.0. The number of thiocarbonyl (C=S) groups is 1. The Bertz CT molecular complexity index is 599. The van der Waals surface area contributed by atoms with Gasteiger partial charge in [0.15, 0.2) is 5.11 Å². The summed E-state index contributed by atoms with van der Waals surface area (Å²) < 4.78 is 5.13. The van der Waals surface area contributed by atoms with E-state index in [-0.39, 0.29) is 0 Å². The smallest absolute Gasteiger partial charge is 0.171 e. The lowest BCUT2D eigenvalue weighted by Gasteiger charge is -2.10. The number of hydrogen-bond acceptors (Lipinski definition) is 3. The van der Waals surface area contributed by atoms with Gasteiger partial charge in [0.1, 0.15) is 11.6 Å². The first-order chi connectivity index (χ1) is 10.2. The third kappa shape index (κ3) is 5.04. The van der Waals surface area contributed by atoms with Gasteiger partial charge < -0.3 is 15.4 Å². The largest absolute Gasteiger partial charge is 0.497 e. The lowest BCUT2D eigenvalue weighted by atomic mass is 10.1. The molecule has 0 unspecified atom stereocenters. The van der Waals surface area contributed by atoms with Crippen LogP contribution in [0.15, 0.2) is 42.5 Å². The Morgan fingerprint density at radius 1 is 1.19 bits per heavy atom. The van der Waals surface area contributed by atoms with E-state index < -0.39 is 0 Å². The van der Waals surface area contributed by atoms with Gasteiger partial charge in [0, 0.05) is 12.2 Å². The van der Waals surface area contributed by atoms with Gasteiger partial charge in [-0.25, -0.2) is 4.98 Å². The van der Waals surface area contributed by atoms with Gasteiger partial charge in [-0.05, 0) is 55.4 Å². The third-order valence-electron chi connectivity index (χ3n) is 2.99. The number of pyridine rings is 1. The molecule has 0 aliphatic rings. The van der Waals surface area contributed by atoms with Gasteiger partial charge in [-0.1, -0.05) is 18.2 Å². The van der Waals surface area contributed by atoms with Crippen LogP contribution in [-0.2, 0) is 6.42 Å². The number of hydrogen-bond donors (Lipinski definition) is 2. The molecule has 0 saturated carbocycles. The van der Waals surface area contributed by atoms with E-state index in [1.54, 1.807) is 7.11 Å². The summed E-state index contributed by atoms with van der Waals surface area (Å²) in [5.74, 6) is 1.63. The summed E-state index contributed by atoms with van der Waals surface area (Å²) >= 11 is 5.25. The van der Waals surface area contributed by atoms with Crippen molar-refractivity contribution in [2.45, 2.75) is 13.3 Å². The maximum absolute atomic E-state index is 5.25. The van der Waals surface area contributed by atoms with E-state index >= 15 is 0 Å². The first-order valence-electron chi connectivity index (χ1n) is 6.79. The zero-order chi connectivity index (χ0) is 15.1. The summed E-state index contributed by atoms with van der Waals surface area (Å²) in [5.41, 5.74) is 2.20. The van der Waals surface area contributed by atoms with E-state index in [0.29, 0.717) is 5.11 Å². The molecule has 1 aromatic carbocycles. The molecule has 0 amide bonds. The molecule has 0 aliphatic carbocycles. The first kappa shape index (κ1) is 15.3.